The Bertz CT molecular complexity index is 245. The summed E-state index contributed by atoms with van der Waals surface area (Å²) in [7, 11) is 0. The maximum absolute atomic E-state index is 11.7. The minimum absolute atomic E-state index is 0.136. The van der Waals surface area contributed by atoms with E-state index in [0.29, 0.717) is 24.5 Å². The van der Waals surface area contributed by atoms with Crippen molar-refractivity contribution in [2.45, 2.75) is 32.2 Å². The van der Waals surface area contributed by atoms with Gasteiger partial charge < -0.3 is 15.4 Å². The van der Waals surface area contributed by atoms with Gasteiger partial charge >= 0.3 is 6.09 Å². The Morgan fingerprint density at radius 1 is 1.53 bits per heavy atom. The number of nitrogens with two attached hydrogens (primary N) is 1. The quantitative estimate of drug-likeness (QED) is 0.748. The third-order valence-electron chi connectivity index (χ3n) is 3.79. The van der Waals surface area contributed by atoms with Gasteiger partial charge in [0.2, 0.25) is 0 Å². The Labute approximate surface area is 90.8 Å². The molecule has 2 bridgehead atoms. The molecule has 2 fully saturated rings. The molecule has 0 spiro atoms. The molecule has 1 amide bonds. The Kier molecular flexibility index (Phi) is 3.14. The summed E-state index contributed by atoms with van der Waals surface area (Å²) < 4.78 is 5.06. The van der Waals surface area contributed by atoms with E-state index in [2.05, 4.69) is 0 Å². The molecule has 2 N–H and O–H groups in total. The summed E-state index contributed by atoms with van der Waals surface area (Å²) in [5, 5.41) is 0. The third kappa shape index (κ3) is 1.95. The molecule has 4 nitrogen and oxygen atoms in total. The van der Waals surface area contributed by atoms with Crippen LogP contribution in [0, 0.1) is 11.8 Å². The van der Waals surface area contributed by atoms with Gasteiger partial charge in [-0.05, 0) is 44.6 Å². The van der Waals surface area contributed by atoms with Crippen LogP contribution in [-0.2, 0) is 4.74 Å². The van der Waals surface area contributed by atoms with Crippen LogP contribution in [0.25, 0.3) is 0 Å². The first-order valence-corrected chi connectivity index (χ1v) is 5.89. The van der Waals surface area contributed by atoms with Crippen molar-refractivity contribution in [1.29, 1.82) is 0 Å². The molecule has 0 aromatic heterocycles. The average molecular weight is 212 g/mol. The van der Waals surface area contributed by atoms with Gasteiger partial charge in [-0.15, -0.1) is 0 Å². The summed E-state index contributed by atoms with van der Waals surface area (Å²) in [4.78, 5) is 13.6. The number of hydrogen-bond acceptors (Lipinski definition) is 3. The minimum atomic E-state index is -0.136. The van der Waals surface area contributed by atoms with Crippen molar-refractivity contribution in [3.8, 4) is 0 Å². The zero-order chi connectivity index (χ0) is 10.8. The topological polar surface area (TPSA) is 55.6 Å². The lowest BCUT2D eigenvalue weighted by Gasteiger charge is -2.27. The molecule has 0 aromatic carbocycles. The van der Waals surface area contributed by atoms with Crippen molar-refractivity contribution in [1.82, 2.24) is 4.90 Å². The minimum Gasteiger partial charge on any atom is -0.450 e. The van der Waals surface area contributed by atoms with E-state index >= 15 is 0 Å². The summed E-state index contributed by atoms with van der Waals surface area (Å²) in [6, 6.07) is 0.414. The van der Waals surface area contributed by atoms with E-state index in [4.69, 9.17) is 10.5 Å². The van der Waals surface area contributed by atoms with Crippen LogP contribution in [0.1, 0.15) is 26.2 Å². The zero-order valence-corrected chi connectivity index (χ0v) is 9.32. The van der Waals surface area contributed by atoms with Gasteiger partial charge in [0.05, 0.1) is 6.61 Å². The highest BCUT2D eigenvalue weighted by Gasteiger charge is 2.42. The number of carbonyl (C=O) groups is 1. The van der Waals surface area contributed by atoms with E-state index in [9.17, 15) is 4.79 Å². The highest BCUT2D eigenvalue weighted by molar-refractivity contribution is 5.68. The summed E-state index contributed by atoms with van der Waals surface area (Å²) >= 11 is 0. The Hall–Kier alpha value is -0.770. The first-order chi connectivity index (χ1) is 7.26. The molecule has 3 atom stereocenters. The monoisotopic (exact) mass is 212 g/mol. The molecule has 0 radical (unpaired) electrons. The number of ether oxygens (including phenoxy) is 1. The molecule has 2 aliphatic rings. The fraction of sp³-hybridized carbons (Fsp3) is 0.909. The highest BCUT2D eigenvalue weighted by Crippen LogP contribution is 2.39. The summed E-state index contributed by atoms with van der Waals surface area (Å²) in [5.41, 5.74) is 5.73. The first-order valence-electron chi connectivity index (χ1n) is 5.89. The summed E-state index contributed by atoms with van der Waals surface area (Å²) in [6.07, 6.45) is 3.25. The second-order valence-corrected chi connectivity index (χ2v) is 4.57. The first kappa shape index (κ1) is 10.7. The summed E-state index contributed by atoms with van der Waals surface area (Å²) in [5.74, 6) is 1.22. The molecule has 2 rings (SSSR count). The smallest absolute Gasteiger partial charge is 0.410 e. The lowest BCUT2D eigenvalue weighted by molar-refractivity contribution is 0.102. The number of rotatable bonds is 2. The van der Waals surface area contributed by atoms with Gasteiger partial charge in [0.1, 0.15) is 0 Å². The lowest BCUT2D eigenvalue weighted by Crippen LogP contribution is -2.35. The molecule has 4 heteroatoms. The predicted octanol–water partition coefficient (Wildman–Crippen LogP) is 1.20. The molecule has 1 aliphatic carbocycles. The third-order valence-corrected chi connectivity index (χ3v) is 3.79. The van der Waals surface area contributed by atoms with Crippen LogP contribution in [0.4, 0.5) is 4.79 Å². The van der Waals surface area contributed by atoms with Gasteiger partial charge in [0.25, 0.3) is 0 Å². The molecule has 1 aliphatic heterocycles. The summed E-state index contributed by atoms with van der Waals surface area (Å²) in [6.45, 7) is 3.93. The van der Waals surface area contributed by atoms with Crippen LogP contribution in [0.2, 0.25) is 0 Å². The number of amides is 1. The van der Waals surface area contributed by atoms with E-state index in [-0.39, 0.29) is 6.09 Å². The fourth-order valence-electron chi connectivity index (χ4n) is 2.95. The Morgan fingerprint density at radius 3 is 3.00 bits per heavy atom. The van der Waals surface area contributed by atoms with Crippen LogP contribution in [0.3, 0.4) is 0 Å². The standard InChI is InChI=1S/C11H20N2O2/c1-2-15-11(14)13-7-9-5-10(13)4-3-8(9)6-12/h8-10H,2-7,12H2,1H3. The second kappa shape index (κ2) is 4.39. The molecule has 1 saturated heterocycles. The average Bonchev–Trinajstić information content (AvgIpc) is 2.57. The van der Waals surface area contributed by atoms with Crippen molar-refractivity contribution in [2.24, 2.45) is 17.6 Å². The van der Waals surface area contributed by atoms with Crippen molar-refractivity contribution in [2.75, 3.05) is 19.7 Å². The normalized spacial score (nSPS) is 34.3. The molecular weight excluding hydrogens is 192 g/mol. The van der Waals surface area contributed by atoms with Crippen molar-refractivity contribution in [3.05, 3.63) is 0 Å². The largest absolute Gasteiger partial charge is 0.450 e. The molecular formula is C11H20N2O2. The predicted molar refractivity (Wildman–Crippen MR) is 57.4 cm³/mol. The second-order valence-electron chi connectivity index (χ2n) is 4.57. The maximum Gasteiger partial charge on any atom is 0.410 e. The van der Waals surface area contributed by atoms with E-state index in [1.807, 2.05) is 11.8 Å². The SMILES string of the molecule is CCOC(=O)N1CC2CC1CCC2CN. The zero-order valence-electron chi connectivity index (χ0n) is 9.32. The maximum atomic E-state index is 11.7. The molecule has 1 heterocycles. The van der Waals surface area contributed by atoms with Crippen LogP contribution in [0.15, 0.2) is 0 Å². The number of likely N-dealkylation sites (tertiary alicyclic amines) is 1. The van der Waals surface area contributed by atoms with Crippen LogP contribution >= 0.6 is 0 Å². The van der Waals surface area contributed by atoms with Crippen molar-refractivity contribution < 1.29 is 9.53 Å². The molecule has 1 saturated carbocycles. The lowest BCUT2D eigenvalue weighted by atomic mass is 9.80. The molecule has 15 heavy (non-hydrogen) atoms. The van der Waals surface area contributed by atoms with Gasteiger partial charge in [-0.2, -0.15) is 0 Å². The highest BCUT2D eigenvalue weighted by atomic mass is 16.6. The van der Waals surface area contributed by atoms with Gasteiger partial charge in [-0.3, -0.25) is 0 Å². The van der Waals surface area contributed by atoms with E-state index < -0.39 is 0 Å². The molecule has 86 valence electrons. The van der Waals surface area contributed by atoms with E-state index in [1.165, 1.54) is 6.42 Å². The van der Waals surface area contributed by atoms with Crippen LogP contribution in [0.5, 0.6) is 0 Å². The van der Waals surface area contributed by atoms with Gasteiger partial charge in [0.15, 0.2) is 0 Å². The Balaban J connectivity index is 1.98. The fourth-order valence-corrected chi connectivity index (χ4v) is 2.95. The molecule has 3 unspecified atom stereocenters. The Morgan fingerprint density at radius 2 is 2.33 bits per heavy atom. The molecule has 0 aromatic rings. The van der Waals surface area contributed by atoms with Crippen molar-refractivity contribution in [3.63, 3.8) is 0 Å². The number of nitrogens with zero attached hydrogens (tertiary/aromatic N) is 1. The van der Waals surface area contributed by atoms with Crippen LogP contribution < -0.4 is 5.73 Å². The van der Waals surface area contributed by atoms with Gasteiger partial charge in [0, 0.05) is 12.6 Å². The van der Waals surface area contributed by atoms with Gasteiger partial charge in [-0.1, -0.05) is 0 Å². The van der Waals surface area contributed by atoms with Gasteiger partial charge in [-0.25, -0.2) is 4.79 Å². The number of hydrogen-bond donors (Lipinski definition) is 1. The number of fused-ring (bicyclic) bond motifs is 2. The van der Waals surface area contributed by atoms with E-state index in [0.717, 1.165) is 25.9 Å². The number of carbonyl (C=O) groups excluding carboxylic acids is 1. The van der Waals surface area contributed by atoms with E-state index in [1.54, 1.807) is 0 Å². The van der Waals surface area contributed by atoms with Crippen LogP contribution in [-0.4, -0.2) is 36.7 Å². The van der Waals surface area contributed by atoms with Crippen molar-refractivity contribution >= 4 is 6.09 Å².